The molecule has 1 aromatic heterocycles. The van der Waals surface area contributed by atoms with E-state index in [-0.39, 0.29) is 16.5 Å². The third kappa shape index (κ3) is 2.57. The Labute approximate surface area is 131 Å². The van der Waals surface area contributed by atoms with Crippen LogP contribution in [0, 0.1) is 5.82 Å². The van der Waals surface area contributed by atoms with Gasteiger partial charge in [0.25, 0.3) is 0 Å². The largest absolute Gasteiger partial charge is 0.477 e. The van der Waals surface area contributed by atoms with Gasteiger partial charge in [-0.05, 0) is 18.6 Å². The maximum absolute atomic E-state index is 14.0. The highest BCUT2D eigenvalue weighted by molar-refractivity contribution is 5.99. The molecule has 1 aliphatic rings. The summed E-state index contributed by atoms with van der Waals surface area (Å²) in [5.74, 6) is -1.49. The van der Waals surface area contributed by atoms with Gasteiger partial charge in [-0.2, -0.15) is 0 Å². The molecular weight excluding hydrogens is 301 g/mol. The van der Waals surface area contributed by atoms with Crippen molar-refractivity contribution in [1.82, 2.24) is 10.3 Å². The number of nitrogens with zero attached hydrogens (tertiary/aromatic N) is 1. The number of carboxylic acids is 1. The Morgan fingerprint density at radius 1 is 1.35 bits per heavy atom. The van der Waals surface area contributed by atoms with Crippen LogP contribution in [0.15, 0.2) is 16.9 Å². The number of H-pyrrole nitrogens is 1. The van der Waals surface area contributed by atoms with Gasteiger partial charge in [-0.3, -0.25) is 4.79 Å². The zero-order chi connectivity index (χ0) is 16.6. The summed E-state index contributed by atoms with van der Waals surface area (Å²) in [6.45, 7) is 4.36. The molecule has 0 spiro atoms. The van der Waals surface area contributed by atoms with Crippen molar-refractivity contribution >= 4 is 22.7 Å². The van der Waals surface area contributed by atoms with E-state index in [2.05, 4.69) is 10.3 Å². The molecule has 1 aliphatic heterocycles. The van der Waals surface area contributed by atoms with E-state index in [1.165, 1.54) is 12.1 Å². The first-order chi connectivity index (χ1) is 11.0. The molecule has 122 valence electrons. The van der Waals surface area contributed by atoms with E-state index < -0.39 is 17.2 Å². The van der Waals surface area contributed by atoms with Gasteiger partial charge in [0.1, 0.15) is 17.2 Å². The first-order valence-corrected chi connectivity index (χ1v) is 7.61. The number of carbonyl (C=O) groups is 1. The van der Waals surface area contributed by atoms with Gasteiger partial charge < -0.3 is 20.3 Å². The summed E-state index contributed by atoms with van der Waals surface area (Å²) in [5, 5.41) is 12.8. The number of nitrogens with one attached hydrogen (secondary N) is 2. The molecule has 0 amide bonds. The molecule has 1 saturated heterocycles. The summed E-state index contributed by atoms with van der Waals surface area (Å²) >= 11 is 0. The van der Waals surface area contributed by atoms with Crippen molar-refractivity contribution in [2.75, 3.05) is 31.1 Å². The van der Waals surface area contributed by atoms with Gasteiger partial charge in [0, 0.05) is 31.7 Å². The maximum atomic E-state index is 14.0. The number of aromatic nitrogens is 1. The molecule has 3 N–H and O–H groups in total. The lowest BCUT2D eigenvalue weighted by Gasteiger charge is -2.30. The number of aromatic carboxylic acids is 1. The normalized spacial score (nSPS) is 15.1. The number of carboxylic acid groups (broad SMARTS) is 1. The molecule has 0 saturated carbocycles. The molecule has 1 fully saturated rings. The van der Waals surface area contributed by atoms with Crippen molar-refractivity contribution in [1.29, 1.82) is 0 Å². The average molecular weight is 319 g/mol. The van der Waals surface area contributed by atoms with Gasteiger partial charge in [0.2, 0.25) is 5.43 Å². The van der Waals surface area contributed by atoms with Crippen molar-refractivity contribution in [3.63, 3.8) is 0 Å². The fourth-order valence-electron chi connectivity index (χ4n) is 3.08. The van der Waals surface area contributed by atoms with E-state index in [0.717, 1.165) is 0 Å². The third-order valence-corrected chi connectivity index (χ3v) is 4.20. The zero-order valence-corrected chi connectivity index (χ0v) is 12.8. The number of rotatable bonds is 3. The first-order valence-electron chi connectivity index (χ1n) is 7.61. The van der Waals surface area contributed by atoms with Crippen LogP contribution in [-0.2, 0) is 6.42 Å². The predicted octanol–water partition coefficient (Wildman–Crippen LogP) is 1.34. The third-order valence-electron chi connectivity index (χ3n) is 4.20. The van der Waals surface area contributed by atoms with Crippen molar-refractivity contribution in [3.8, 4) is 0 Å². The second kappa shape index (κ2) is 6.00. The molecule has 23 heavy (non-hydrogen) atoms. The summed E-state index contributed by atoms with van der Waals surface area (Å²) in [4.78, 5) is 29.3. The lowest BCUT2D eigenvalue weighted by Crippen LogP contribution is -2.45. The van der Waals surface area contributed by atoms with Crippen LogP contribution in [0.5, 0.6) is 0 Å². The first kappa shape index (κ1) is 15.5. The summed E-state index contributed by atoms with van der Waals surface area (Å²) in [7, 11) is 0. The molecule has 7 heteroatoms. The second-order valence-corrected chi connectivity index (χ2v) is 5.52. The molecule has 0 unspecified atom stereocenters. The van der Waals surface area contributed by atoms with Gasteiger partial charge in [0.15, 0.2) is 0 Å². The Kier molecular flexibility index (Phi) is 4.04. The van der Waals surface area contributed by atoms with Crippen LogP contribution < -0.4 is 15.6 Å². The topological polar surface area (TPSA) is 85.4 Å². The number of aryl methyl sites for hydroxylation is 1. The maximum Gasteiger partial charge on any atom is 0.343 e. The summed E-state index contributed by atoms with van der Waals surface area (Å²) in [6.07, 6.45) is 0.318. The van der Waals surface area contributed by atoms with Crippen molar-refractivity contribution < 1.29 is 14.3 Å². The van der Waals surface area contributed by atoms with Crippen molar-refractivity contribution in [2.45, 2.75) is 13.3 Å². The summed E-state index contributed by atoms with van der Waals surface area (Å²) < 4.78 is 14.0. The van der Waals surface area contributed by atoms with Crippen LogP contribution in [0.25, 0.3) is 10.9 Å². The highest BCUT2D eigenvalue weighted by Gasteiger charge is 2.25. The van der Waals surface area contributed by atoms with Gasteiger partial charge in [0.05, 0.1) is 10.9 Å². The van der Waals surface area contributed by atoms with Gasteiger partial charge in [-0.25, -0.2) is 9.18 Å². The molecule has 0 aliphatic carbocycles. The Balaban J connectivity index is 2.33. The monoisotopic (exact) mass is 319 g/mol. The Hall–Kier alpha value is -2.41. The van der Waals surface area contributed by atoms with Gasteiger partial charge >= 0.3 is 5.97 Å². The number of hydrogen-bond acceptors (Lipinski definition) is 4. The lowest BCUT2D eigenvalue weighted by atomic mass is 10.0. The molecule has 2 aromatic rings. The smallest absolute Gasteiger partial charge is 0.343 e. The van der Waals surface area contributed by atoms with E-state index in [9.17, 15) is 19.1 Å². The number of piperazine rings is 1. The standard InChI is InChI=1S/C16H18FN3O3/c1-2-9-10(17)3-4-11-12(9)14(21)13(16(22)23)15(19-11)20-7-5-18-6-8-20/h3-4,18H,2,5-8H2,1H3,(H,19,21)(H,22,23). The highest BCUT2D eigenvalue weighted by atomic mass is 19.1. The summed E-state index contributed by atoms with van der Waals surface area (Å²) in [5.41, 5.74) is -0.235. The molecule has 6 nitrogen and oxygen atoms in total. The molecule has 0 bridgehead atoms. The van der Waals surface area contributed by atoms with Crippen molar-refractivity contribution in [3.05, 3.63) is 39.3 Å². The number of aromatic amines is 1. The van der Waals surface area contributed by atoms with Crippen LogP contribution in [-0.4, -0.2) is 42.2 Å². The van der Waals surface area contributed by atoms with Crippen LogP contribution >= 0.6 is 0 Å². The molecule has 3 rings (SSSR count). The lowest BCUT2D eigenvalue weighted by molar-refractivity contribution is 0.0696. The number of benzene rings is 1. The van der Waals surface area contributed by atoms with E-state index in [0.29, 0.717) is 43.9 Å². The molecule has 0 radical (unpaired) electrons. The highest BCUT2D eigenvalue weighted by Crippen LogP contribution is 2.24. The quantitative estimate of drug-likeness (QED) is 0.795. The molecule has 0 atom stereocenters. The van der Waals surface area contributed by atoms with E-state index >= 15 is 0 Å². The number of fused-ring (bicyclic) bond motifs is 1. The Bertz CT molecular complexity index is 825. The van der Waals surface area contributed by atoms with Gasteiger partial charge in [-0.1, -0.05) is 6.92 Å². The minimum atomic E-state index is -1.30. The fraction of sp³-hybridized carbons (Fsp3) is 0.375. The van der Waals surface area contributed by atoms with E-state index in [4.69, 9.17) is 0 Å². The predicted molar refractivity (Wildman–Crippen MR) is 85.9 cm³/mol. The average Bonchev–Trinajstić information content (AvgIpc) is 2.55. The van der Waals surface area contributed by atoms with Crippen LogP contribution in [0.4, 0.5) is 10.2 Å². The number of hydrogen-bond donors (Lipinski definition) is 3. The minimum absolute atomic E-state index is 0.129. The molecular formula is C16H18FN3O3. The van der Waals surface area contributed by atoms with E-state index in [1.807, 2.05) is 4.90 Å². The Morgan fingerprint density at radius 3 is 2.65 bits per heavy atom. The minimum Gasteiger partial charge on any atom is -0.477 e. The molecule has 2 heterocycles. The van der Waals surface area contributed by atoms with Crippen LogP contribution in [0.3, 0.4) is 0 Å². The van der Waals surface area contributed by atoms with Crippen LogP contribution in [0.2, 0.25) is 0 Å². The second-order valence-electron chi connectivity index (χ2n) is 5.52. The van der Waals surface area contributed by atoms with Gasteiger partial charge in [-0.15, -0.1) is 0 Å². The molecule has 1 aromatic carbocycles. The van der Waals surface area contributed by atoms with E-state index in [1.54, 1.807) is 6.92 Å². The van der Waals surface area contributed by atoms with Crippen molar-refractivity contribution in [2.24, 2.45) is 0 Å². The number of halogens is 1. The number of anilines is 1. The number of pyridine rings is 1. The zero-order valence-electron chi connectivity index (χ0n) is 12.8. The summed E-state index contributed by atoms with van der Waals surface area (Å²) in [6, 6.07) is 2.79. The fourth-order valence-corrected chi connectivity index (χ4v) is 3.08. The SMILES string of the molecule is CCc1c(F)ccc2[nH]c(N3CCNCC3)c(C(=O)O)c(=O)c12. The van der Waals surface area contributed by atoms with Crippen LogP contribution in [0.1, 0.15) is 22.8 Å². The Morgan fingerprint density at radius 2 is 2.04 bits per heavy atom.